The Labute approximate surface area is 134 Å². The topological polar surface area (TPSA) is 61.9 Å². The van der Waals surface area contributed by atoms with Crippen LogP contribution in [0.1, 0.15) is 42.5 Å². The molecule has 0 saturated carbocycles. The molecule has 22 heavy (non-hydrogen) atoms. The van der Waals surface area contributed by atoms with Crippen molar-refractivity contribution in [1.29, 1.82) is 0 Å². The third-order valence-electron chi connectivity index (χ3n) is 4.04. The van der Waals surface area contributed by atoms with E-state index in [1.54, 1.807) is 0 Å². The van der Waals surface area contributed by atoms with Crippen LogP contribution in [0.2, 0.25) is 5.02 Å². The molecule has 1 fully saturated rings. The zero-order valence-electron chi connectivity index (χ0n) is 12.6. The molecule has 1 aliphatic rings. The summed E-state index contributed by atoms with van der Waals surface area (Å²) in [5.41, 5.74) is 0.865. The molecule has 0 aliphatic carbocycles. The van der Waals surface area contributed by atoms with E-state index in [1.165, 1.54) is 0 Å². The first-order valence-electron chi connectivity index (χ1n) is 7.57. The van der Waals surface area contributed by atoms with Crippen LogP contribution in [0.3, 0.4) is 0 Å². The number of amides is 1. The van der Waals surface area contributed by atoms with Gasteiger partial charge in [0.15, 0.2) is 5.82 Å². The summed E-state index contributed by atoms with van der Waals surface area (Å²) in [4.78, 5) is 19.0. The molecule has 0 unspecified atom stereocenters. The summed E-state index contributed by atoms with van der Waals surface area (Å²) in [6.07, 6.45) is 3.34. The van der Waals surface area contributed by atoms with Crippen molar-refractivity contribution in [2.75, 3.05) is 6.54 Å². The predicted molar refractivity (Wildman–Crippen MR) is 84.6 cm³/mol. The molecule has 1 atom stereocenters. The number of H-pyrrole nitrogens is 1. The second-order valence-corrected chi connectivity index (χ2v) is 6.05. The van der Waals surface area contributed by atoms with Crippen molar-refractivity contribution in [3.05, 3.63) is 46.5 Å². The fourth-order valence-corrected chi connectivity index (χ4v) is 3.12. The minimum atomic E-state index is -0.0336. The van der Waals surface area contributed by atoms with Crippen LogP contribution in [0.15, 0.2) is 24.3 Å². The maximum Gasteiger partial charge on any atom is 0.227 e. The van der Waals surface area contributed by atoms with Crippen molar-refractivity contribution < 1.29 is 4.79 Å². The third kappa shape index (κ3) is 3.14. The zero-order chi connectivity index (χ0) is 15.5. The van der Waals surface area contributed by atoms with Gasteiger partial charge in [0, 0.05) is 11.6 Å². The van der Waals surface area contributed by atoms with Gasteiger partial charge in [-0.15, -0.1) is 0 Å². The summed E-state index contributed by atoms with van der Waals surface area (Å²) < 4.78 is 0. The van der Waals surface area contributed by atoms with E-state index in [2.05, 4.69) is 15.2 Å². The van der Waals surface area contributed by atoms with Crippen molar-refractivity contribution in [2.45, 2.75) is 38.6 Å². The smallest absolute Gasteiger partial charge is 0.227 e. The molecule has 0 bridgehead atoms. The lowest BCUT2D eigenvalue weighted by Crippen LogP contribution is -2.39. The predicted octanol–water partition coefficient (Wildman–Crippen LogP) is 3.06. The standard InChI is InChI=1S/C16H19ClN4O/c1-11-18-16(20-19-11)14-8-4-5-9-21(14)15(22)10-12-6-2-3-7-13(12)17/h2-3,6-7,14H,4-5,8-10H2,1H3,(H,18,19,20)/t14-/m1/s1. The first kappa shape index (κ1) is 15.0. The van der Waals surface area contributed by atoms with Gasteiger partial charge in [-0.3, -0.25) is 9.89 Å². The Morgan fingerprint density at radius 1 is 1.41 bits per heavy atom. The van der Waals surface area contributed by atoms with E-state index < -0.39 is 0 Å². The van der Waals surface area contributed by atoms with Gasteiger partial charge in [0.05, 0.1) is 12.5 Å². The maximum absolute atomic E-state index is 12.7. The second-order valence-electron chi connectivity index (χ2n) is 5.65. The van der Waals surface area contributed by atoms with E-state index >= 15 is 0 Å². The van der Waals surface area contributed by atoms with E-state index in [1.807, 2.05) is 36.1 Å². The number of halogens is 1. The van der Waals surface area contributed by atoms with Crippen LogP contribution in [0, 0.1) is 6.92 Å². The summed E-state index contributed by atoms with van der Waals surface area (Å²) in [5.74, 6) is 1.57. The van der Waals surface area contributed by atoms with Gasteiger partial charge >= 0.3 is 0 Å². The highest BCUT2D eigenvalue weighted by Crippen LogP contribution is 2.29. The number of aromatic amines is 1. The maximum atomic E-state index is 12.7. The van der Waals surface area contributed by atoms with Crippen LogP contribution < -0.4 is 0 Å². The summed E-state index contributed by atoms with van der Waals surface area (Å²) in [7, 11) is 0. The number of likely N-dealkylation sites (tertiary alicyclic amines) is 1. The molecule has 1 N–H and O–H groups in total. The van der Waals surface area contributed by atoms with Gasteiger partial charge in [-0.05, 0) is 37.8 Å². The van der Waals surface area contributed by atoms with E-state index in [0.717, 1.165) is 37.2 Å². The van der Waals surface area contributed by atoms with Crippen molar-refractivity contribution in [3.63, 3.8) is 0 Å². The number of nitrogens with one attached hydrogen (secondary N) is 1. The Morgan fingerprint density at radius 3 is 2.95 bits per heavy atom. The van der Waals surface area contributed by atoms with Gasteiger partial charge in [-0.2, -0.15) is 5.10 Å². The van der Waals surface area contributed by atoms with Crippen LogP contribution in [-0.2, 0) is 11.2 Å². The summed E-state index contributed by atoms with van der Waals surface area (Å²) in [6.45, 7) is 2.62. The molecule has 6 heteroatoms. The lowest BCUT2D eigenvalue weighted by molar-refractivity contribution is -0.134. The molecule has 5 nitrogen and oxygen atoms in total. The quantitative estimate of drug-likeness (QED) is 0.946. The van der Waals surface area contributed by atoms with E-state index in [4.69, 9.17) is 11.6 Å². The Hall–Kier alpha value is -1.88. The number of aromatic nitrogens is 3. The number of aryl methyl sites for hydroxylation is 1. The molecule has 3 rings (SSSR count). The number of hydrogen-bond donors (Lipinski definition) is 1. The molecule has 1 aromatic carbocycles. The Bertz CT molecular complexity index is 670. The molecule has 2 aromatic rings. The average molecular weight is 319 g/mol. The fraction of sp³-hybridized carbons (Fsp3) is 0.438. The summed E-state index contributed by atoms with van der Waals surface area (Å²) in [5, 5.41) is 7.74. The van der Waals surface area contributed by atoms with E-state index in [-0.39, 0.29) is 11.9 Å². The lowest BCUT2D eigenvalue weighted by Gasteiger charge is -2.34. The number of carbonyl (C=O) groups excluding carboxylic acids is 1. The molecule has 116 valence electrons. The molecule has 1 aliphatic heterocycles. The molecule has 1 saturated heterocycles. The fourth-order valence-electron chi connectivity index (χ4n) is 2.91. The summed E-state index contributed by atoms with van der Waals surface area (Å²) >= 11 is 6.16. The van der Waals surface area contributed by atoms with Crippen molar-refractivity contribution >= 4 is 17.5 Å². The molecule has 0 spiro atoms. The number of piperidine rings is 1. The van der Waals surface area contributed by atoms with Crippen LogP contribution in [0.4, 0.5) is 0 Å². The van der Waals surface area contributed by atoms with Crippen molar-refractivity contribution in [3.8, 4) is 0 Å². The van der Waals surface area contributed by atoms with Crippen LogP contribution in [-0.4, -0.2) is 32.5 Å². The first-order chi connectivity index (χ1) is 10.6. The van der Waals surface area contributed by atoms with Crippen molar-refractivity contribution in [2.24, 2.45) is 0 Å². The third-order valence-corrected chi connectivity index (χ3v) is 4.40. The van der Waals surface area contributed by atoms with Gasteiger partial charge in [0.25, 0.3) is 0 Å². The van der Waals surface area contributed by atoms with Crippen molar-refractivity contribution in [1.82, 2.24) is 20.1 Å². The zero-order valence-corrected chi connectivity index (χ0v) is 13.3. The summed E-state index contributed by atoms with van der Waals surface area (Å²) in [6, 6.07) is 7.46. The molecular formula is C16H19ClN4O. The molecule has 1 aromatic heterocycles. The minimum absolute atomic E-state index is 0.0336. The highest BCUT2D eigenvalue weighted by atomic mass is 35.5. The number of rotatable bonds is 3. The molecule has 2 heterocycles. The number of hydrogen-bond acceptors (Lipinski definition) is 3. The molecular weight excluding hydrogens is 300 g/mol. The molecule has 1 amide bonds. The lowest BCUT2D eigenvalue weighted by atomic mass is 10.00. The number of nitrogens with zero attached hydrogens (tertiary/aromatic N) is 3. The second kappa shape index (κ2) is 6.48. The van der Waals surface area contributed by atoms with Gasteiger partial charge in [-0.25, -0.2) is 4.98 Å². The van der Waals surface area contributed by atoms with E-state index in [0.29, 0.717) is 17.3 Å². The average Bonchev–Trinajstić information content (AvgIpc) is 2.96. The van der Waals surface area contributed by atoms with Gasteiger partial charge < -0.3 is 4.90 Å². The Balaban J connectivity index is 1.78. The highest BCUT2D eigenvalue weighted by molar-refractivity contribution is 6.31. The number of benzene rings is 1. The van der Waals surface area contributed by atoms with E-state index in [9.17, 15) is 4.79 Å². The van der Waals surface area contributed by atoms with Crippen LogP contribution in [0.5, 0.6) is 0 Å². The Morgan fingerprint density at radius 2 is 2.23 bits per heavy atom. The Kier molecular flexibility index (Phi) is 4.43. The van der Waals surface area contributed by atoms with Gasteiger partial charge in [0.1, 0.15) is 5.82 Å². The number of carbonyl (C=O) groups is 1. The first-order valence-corrected chi connectivity index (χ1v) is 7.94. The highest BCUT2D eigenvalue weighted by Gasteiger charge is 2.30. The largest absolute Gasteiger partial charge is 0.332 e. The normalized spacial score (nSPS) is 18.5. The minimum Gasteiger partial charge on any atom is -0.332 e. The monoisotopic (exact) mass is 318 g/mol. The SMILES string of the molecule is Cc1nc([C@H]2CCCCN2C(=O)Cc2ccccc2Cl)n[nH]1. The van der Waals surface area contributed by atoms with Gasteiger partial charge in [-0.1, -0.05) is 29.8 Å². The molecule has 0 radical (unpaired) electrons. The van der Waals surface area contributed by atoms with Gasteiger partial charge in [0.2, 0.25) is 5.91 Å². The van der Waals surface area contributed by atoms with Crippen LogP contribution >= 0.6 is 11.6 Å². The van der Waals surface area contributed by atoms with Crippen LogP contribution in [0.25, 0.3) is 0 Å².